The molecule has 0 radical (unpaired) electrons. The third-order valence-corrected chi connectivity index (χ3v) is 3.64. The van der Waals surface area contributed by atoms with Crippen molar-refractivity contribution in [3.63, 3.8) is 0 Å². The minimum absolute atomic E-state index is 0.0210. The van der Waals surface area contributed by atoms with Gasteiger partial charge in [0.25, 0.3) is 5.69 Å². The zero-order chi connectivity index (χ0) is 16.3. The van der Waals surface area contributed by atoms with E-state index in [9.17, 15) is 20.0 Å². The predicted octanol–water partition coefficient (Wildman–Crippen LogP) is 2.94. The van der Waals surface area contributed by atoms with Crippen LogP contribution in [-0.4, -0.2) is 21.1 Å². The standard InChI is InChI=1S/C16H15NO5/c1-2-16(20,15(18)19)12-9-7-11(8-10-12)13-5-3-4-6-14(13)17(21)22/h3-10,20H,2H2,1H3,(H,18,19). The number of hydrogen-bond acceptors (Lipinski definition) is 4. The number of carbonyl (C=O) groups is 1. The van der Waals surface area contributed by atoms with E-state index in [0.717, 1.165) is 0 Å². The molecular weight excluding hydrogens is 286 g/mol. The smallest absolute Gasteiger partial charge is 0.340 e. The van der Waals surface area contributed by atoms with Crippen LogP contribution in [0.5, 0.6) is 0 Å². The van der Waals surface area contributed by atoms with Gasteiger partial charge < -0.3 is 10.2 Å². The van der Waals surface area contributed by atoms with E-state index in [1.165, 1.54) is 18.2 Å². The average molecular weight is 301 g/mol. The monoisotopic (exact) mass is 301 g/mol. The molecule has 1 unspecified atom stereocenters. The molecule has 0 bridgehead atoms. The predicted molar refractivity (Wildman–Crippen MR) is 80.4 cm³/mol. The largest absolute Gasteiger partial charge is 0.479 e. The van der Waals surface area contributed by atoms with Gasteiger partial charge in [-0.05, 0) is 23.6 Å². The zero-order valence-electron chi connectivity index (χ0n) is 11.9. The Bertz CT molecular complexity index is 711. The fourth-order valence-electron chi connectivity index (χ4n) is 2.28. The second-order valence-corrected chi connectivity index (χ2v) is 4.87. The van der Waals surface area contributed by atoms with Crippen LogP contribution in [0.1, 0.15) is 18.9 Å². The third-order valence-electron chi connectivity index (χ3n) is 3.64. The van der Waals surface area contributed by atoms with Crippen LogP contribution in [0.25, 0.3) is 11.1 Å². The number of nitro benzene ring substituents is 1. The molecular formula is C16H15NO5. The maximum absolute atomic E-state index is 11.2. The summed E-state index contributed by atoms with van der Waals surface area (Å²) in [5, 5.41) is 30.4. The van der Waals surface area contributed by atoms with Crippen molar-refractivity contribution >= 4 is 11.7 Å². The number of benzene rings is 2. The minimum atomic E-state index is -1.96. The van der Waals surface area contributed by atoms with Crippen molar-refractivity contribution in [2.24, 2.45) is 0 Å². The molecule has 0 aliphatic heterocycles. The second kappa shape index (κ2) is 5.95. The van der Waals surface area contributed by atoms with Crippen molar-refractivity contribution in [1.82, 2.24) is 0 Å². The van der Waals surface area contributed by atoms with Crippen molar-refractivity contribution in [2.75, 3.05) is 0 Å². The van der Waals surface area contributed by atoms with Crippen LogP contribution in [-0.2, 0) is 10.4 Å². The van der Waals surface area contributed by atoms with E-state index in [-0.39, 0.29) is 17.7 Å². The van der Waals surface area contributed by atoms with E-state index in [1.807, 2.05) is 0 Å². The lowest BCUT2D eigenvalue weighted by Gasteiger charge is -2.22. The lowest BCUT2D eigenvalue weighted by Crippen LogP contribution is -2.34. The molecule has 2 aromatic rings. The number of aliphatic hydroxyl groups is 1. The maximum atomic E-state index is 11.2. The molecule has 1 atom stereocenters. The second-order valence-electron chi connectivity index (χ2n) is 4.87. The fraction of sp³-hybridized carbons (Fsp3) is 0.188. The summed E-state index contributed by atoms with van der Waals surface area (Å²) < 4.78 is 0. The first-order chi connectivity index (χ1) is 10.4. The number of para-hydroxylation sites is 1. The Morgan fingerprint density at radius 1 is 1.18 bits per heavy atom. The summed E-state index contributed by atoms with van der Waals surface area (Å²) in [6.45, 7) is 1.57. The number of carboxylic acids is 1. The fourth-order valence-corrected chi connectivity index (χ4v) is 2.28. The molecule has 0 saturated heterocycles. The van der Waals surface area contributed by atoms with E-state index in [2.05, 4.69) is 0 Å². The molecule has 2 rings (SSSR count). The summed E-state index contributed by atoms with van der Waals surface area (Å²) in [6, 6.07) is 12.4. The Kier molecular flexibility index (Phi) is 4.23. The first-order valence-electron chi connectivity index (χ1n) is 6.70. The molecule has 2 N–H and O–H groups in total. The van der Waals surface area contributed by atoms with Crippen molar-refractivity contribution in [1.29, 1.82) is 0 Å². The van der Waals surface area contributed by atoms with Crippen molar-refractivity contribution in [3.8, 4) is 11.1 Å². The Morgan fingerprint density at radius 3 is 2.27 bits per heavy atom. The van der Waals surface area contributed by atoms with E-state index >= 15 is 0 Å². The highest BCUT2D eigenvalue weighted by Crippen LogP contribution is 2.32. The molecule has 0 amide bonds. The van der Waals surface area contributed by atoms with E-state index in [4.69, 9.17) is 5.11 Å². The van der Waals surface area contributed by atoms with E-state index in [1.54, 1.807) is 37.3 Å². The number of nitro groups is 1. The van der Waals surface area contributed by atoms with E-state index in [0.29, 0.717) is 11.1 Å². The molecule has 6 heteroatoms. The molecule has 2 aromatic carbocycles. The third kappa shape index (κ3) is 2.68. The SMILES string of the molecule is CCC(O)(C(=O)O)c1ccc(-c2ccccc2[N+](=O)[O-])cc1. The summed E-state index contributed by atoms with van der Waals surface area (Å²) in [5.74, 6) is -1.33. The molecule has 0 aliphatic carbocycles. The van der Waals surface area contributed by atoms with Gasteiger partial charge in [0.15, 0.2) is 5.60 Å². The van der Waals surface area contributed by atoms with Crippen LogP contribution < -0.4 is 0 Å². The number of nitrogens with zero attached hydrogens (tertiary/aromatic N) is 1. The maximum Gasteiger partial charge on any atom is 0.340 e. The van der Waals surface area contributed by atoms with Gasteiger partial charge in [-0.15, -0.1) is 0 Å². The summed E-state index contributed by atoms with van der Waals surface area (Å²) in [4.78, 5) is 21.8. The van der Waals surface area contributed by atoms with Gasteiger partial charge in [0.2, 0.25) is 0 Å². The number of rotatable bonds is 5. The minimum Gasteiger partial charge on any atom is -0.479 e. The number of hydrogen-bond donors (Lipinski definition) is 2. The van der Waals surface area contributed by atoms with Gasteiger partial charge in [0.1, 0.15) is 0 Å². The Balaban J connectivity index is 2.46. The molecule has 0 heterocycles. The Labute approximate surface area is 126 Å². The van der Waals surface area contributed by atoms with Gasteiger partial charge in [0, 0.05) is 6.07 Å². The van der Waals surface area contributed by atoms with Crippen molar-refractivity contribution < 1.29 is 19.9 Å². The topological polar surface area (TPSA) is 101 Å². The lowest BCUT2D eigenvalue weighted by molar-refractivity contribution is -0.384. The van der Waals surface area contributed by atoms with Crippen LogP contribution in [0.2, 0.25) is 0 Å². The van der Waals surface area contributed by atoms with E-state index < -0.39 is 16.5 Å². The number of carboxylic acid groups (broad SMARTS) is 1. The lowest BCUT2D eigenvalue weighted by atomic mass is 9.90. The quantitative estimate of drug-likeness (QED) is 0.653. The van der Waals surface area contributed by atoms with Crippen molar-refractivity contribution in [3.05, 3.63) is 64.2 Å². The zero-order valence-corrected chi connectivity index (χ0v) is 11.9. The van der Waals surface area contributed by atoms with Crippen LogP contribution in [0.3, 0.4) is 0 Å². The highest BCUT2D eigenvalue weighted by Gasteiger charge is 2.35. The van der Waals surface area contributed by atoms with Gasteiger partial charge in [-0.3, -0.25) is 10.1 Å². The summed E-state index contributed by atoms with van der Waals surface area (Å²) in [5.41, 5.74) is -0.723. The molecule has 22 heavy (non-hydrogen) atoms. The van der Waals surface area contributed by atoms with Crippen LogP contribution >= 0.6 is 0 Å². The Hall–Kier alpha value is -2.73. The average Bonchev–Trinajstić information content (AvgIpc) is 2.54. The highest BCUT2D eigenvalue weighted by atomic mass is 16.6. The molecule has 0 fully saturated rings. The summed E-state index contributed by atoms with van der Waals surface area (Å²) in [7, 11) is 0. The molecule has 0 saturated carbocycles. The van der Waals surface area contributed by atoms with Crippen molar-refractivity contribution in [2.45, 2.75) is 18.9 Å². The first kappa shape index (κ1) is 15.7. The van der Waals surface area contributed by atoms with Gasteiger partial charge in [-0.1, -0.05) is 43.3 Å². The number of aliphatic carboxylic acids is 1. The molecule has 0 aliphatic rings. The van der Waals surface area contributed by atoms with Gasteiger partial charge in [-0.2, -0.15) is 0 Å². The molecule has 0 aromatic heterocycles. The van der Waals surface area contributed by atoms with Crippen LogP contribution in [0, 0.1) is 10.1 Å². The highest BCUT2D eigenvalue weighted by molar-refractivity contribution is 5.80. The Morgan fingerprint density at radius 2 is 1.77 bits per heavy atom. The van der Waals surface area contributed by atoms with Gasteiger partial charge in [0.05, 0.1) is 10.5 Å². The molecule has 114 valence electrons. The van der Waals surface area contributed by atoms with Crippen LogP contribution in [0.4, 0.5) is 5.69 Å². The van der Waals surface area contributed by atoms with Crippen LogP contribution in [0.15, 0.2) is 48.5 Å². The molecule has 0 spiro atoms. The van der Waals surface area contributed by atoms with Gasteiger partial charge >= 0.3 is 5.97 Å². The van der Waals surface area contributed by atoms with Gasteiger partial charge in [-0.25, -0.2) is 4.79 Å². The first-order valence-corrected chi connectivity index (χ1v) is 6.70. The normalized spacial score (nSPS) is 13.4. The summed E-state index contributed by atoms with van der Waals surface area (Å²) in [6.07, 6.45) is 0.0210. The molecule has 6 nitrogen and oxygen atoms in total. The summed E-state index contributed by atoms with van der Waals surface area (Å²) >= 11 is 0.